The van der Waals surface area contributed by atoms with E-state index in [1.54, 1.807) is 0 Å². The molecular weight excluding hydrogens is 190 g/mol. The first-order chi connectivity index (χ1) is 6.85. The van der Waals surface area contributed by atoms with Crippen LogP contribution in [-0.4, -0.2) is 18.1 Å². The minimum absolute atomic E-state index is 0.0947. The summed E-state index contributed by atoms with van der Waals surface area (Å²) in [5.74, 6) is 0.300. The molecule has 0 radical (unpaired) electrons. The monoisotopic (exact) mass is 215 g/mol. The third-order valence-corrected chi connectivity index (χ3v) is 2.09. The van der Waals surface area contributed by atoms with Gasteiger partial charge in [-0.3, -0.25) is 4.79 Å². The van der Waals surface area contributed by atoms with Gasteiger partial charge >= 0.3 is 5.97 Å². The van der Waals surface area contributed by atoms with Crippen LogP contribution in [-0.2, 0) is 9.53 Å². The van der Waals surface area contributed by atoms with Gasteiger partial charge in [-0.05, 0) is 39.7 Å². The van der Waals surface area contributed by atoms with Crippen LogP contribution in [0.2, 0.25) is 0 Å². The van der Waals surface area contributed by atoms with Crippen molar-refractivity contribution in [3.05, 3.63) is 0 Å². The summed E-state index contributed by atoms with van der Waals surface area (Å²) >= 11 is 0. The average molecular weight is 215 g/mol. The topological polar surface area (TPSA) is 52.3 Å². The first kappa shape index (κ1) is 14.4. The predicted octanol–water partition coefficient (Wildman–Crippen LogP) is 2.48. The molecule has 0 amide bonds. The highest BCUT2D eigenvalue weighted by atomic mass is 16.6. The van der Waals surface area contributed by atoms with Crippen molar-refractivity contribution in [3.8, 4) is 0 Å². The second kappa shape index (κ2) is 6.83. The number of ether oxygens (including phenoxy) is 1. The van der Waals surface area contributed by atoms with Gasteiger partial charge in [0.05, 0.1) is 0 Å². The largest absolute Gasteiger partial charge is 0.460 e. The van der Waals surface area contributed by atoms with Crippen LogP contribution in [0.5, 0.6) is 0 Å². The lowest BCUT2D eigenvalue weighted by molar-refractivity contribution is -0.155. The van der Waals surface area contributed by atoms with Crippen molar-refractivity contribution in [3.63, 3.8) is 0 Å². The number of carbonyl (C=O) groups is 1. The van der Waals surface area contributed by atoms with Gasteiger partial charge in [-0.2, -0.15) is 0 Å². The number of rotatable bonds is 6. The lowest BCUT2D eigenvalue weighted by Gasteiger charge is -2.20. The zero-order valence-electron chi connectivity index (χ0n) is 10.5. The molecule has 0 rings (SSSR count). The summed E-state index contributed by atoms with van der Waals surface area (Å²) in [6, 6.07) is 0. The SMILES string of the molecule is CC(CCCCN)CC(=O)OC(C)(C)C. The quantitative estimate of drug-likeness (QED) is 0.547. The maximum Gasteiger partial charge on any atom is 0.306 e. The first-order valence-electron chi connectivity index (χ1n) is 5.77. The Morgan fingerprint density at radius 1 is 1.33 bits per heavy atom. The summed E-state index contributed by atoms with van der Waals surface area (Å²) in [4.78, 5) is 11.5. The van der Waals surface area contributed by atoms with Gasteiger partial charge in [-0.25, -0.2) is 0 Å². The highest BCUT2D eigenvalue weighted by Crippen LogP contribution is 2.15. The molecule has 1 atom stereocenters. The van der Waals surface area contributed by atoms with E-state index in [1.165, 1.54) is 0 Å². The summed E-state index contributed by atoms with van der Waals surface area (Å²) in [6.45, 7) is 8.50. The van der Waals surface area contributed by atoms with E-state index in [9.17, 15) is 4.79 Å². The summed E-state index contributed by atoms with van der Waals surface area (Å²) < 4.78 is 5.25. The molecule has 2 N–H and O–H groups in total. The van der Waals surface area contributed by atoms with Crippen molar-refractivity contribution in [1.29, 1.82) is 0 Å². The maximum absolute atomic E-state index is 11.5. The summed E-state index contributed by atoms with van der Waals surface area (Å²) in [7, 11) is 0. The van der Waals surface area contributed by atoms with Crippen LogP contribution in [0.25, 0.3) is 0 Å². The highest BCUT2D eigenvalue weighted by Gasteiger charge is 2.17. The van der Waals surface area contributed by atoms with Crippen LogP contribution < -0.4 is 5.73 Å². The minimum atomic E-state index is -0.367. The average Bonchev–Trinajstić information content (AvgIpc) is 2.00. The molecule has 0 aliphatic carbocycles. The van der Waals surface area contributed by atoms with Crippen molar-refractivity contribution in [2.75, 3.05) is 6.54 Å². The third kappa shape index (κ3) is 9.73. The minimum Gasteiger partial charge on any atom is -0.460 e. The van der Waals surface area contributed by atoms with Crippen molar-refractivity contribution in [2.24, 2.45) is 11.7 Å². The van der Waals surface area contributed by atoms with E-state index in [0.717, 1.165) is 25.8 Å². The molecule has 0 aromatic heterocycles. The van der Waals surface area contributed by atoms with Crippen molar-refractivity contribution in [1.82, 2.24) is 0 Å². The van der Waals surface area contributed by atoms with E-state index in [2.05, 4.69) is 6.92 Å². The van der Waals surface area contributed by atoms with Crippen LogP contribution >= 0.6 is 0 Å². The standard InChI is InChI=1S/C12H25NO2/c1-10(7-5-6-8-13)9-11(14)15-12(2,3)4/h10H,5-9,13H2,1-4H3. The Hall–Kier alpha value is -0.570. The lowest BCUT2D eigenvalue weighted by Crippen LogP contribution is -2.24. The Kier molecular flexibility index (Phi) is 6.57. The van der Waals surface area contributed by atoms with E-state index >= 15 is 0 Å². The van der Waals surface area contributed by atoms with E-state index in [4.69, 9.17) is 10.5 Å². The Morgan fingerprint density at radius 3 is 2.40 bits per heavy atom. The van der Waals surface area contributed by atoms with Gasteiger partial charge in [0, 0.05) is 6.42 Å². The Morgan fingerprint density at radius 2 is 1.93 bits per heavy atom. The van der Waals surface area contributed by atoms with Crippen LogP contribution in [0, 0.1) is 5.92 Å². The van der Waals surface area contributed by atoms with E-state index in [0.29, 0.717) is 12.3 Å². The summed E-state index contributed by atoms with van der Waals surface area (Å²) in [6.07, 6.45) is 3.71. The summed E-state index contributed by atoms with van der Waals surface area (Å²) in [5.41, 5.74) is 5.04. The molecule has 15 heavy (non-hydrogen) atoms. The molecule has 0 aliphatic rings. The van der Waals surface area contributed by atoms with E-state index < -0.39 is 0 Å². The molecule has 3 nitrogen and oxygen atoms in total. The van der Waals surface area contributed by atoms with Crippen LogP contribution in [0.1, 0.15) is 53.4 Å². The van der Waals surface area contributed by atoms with Gasteiger partial charge in [-0.15, -0.1) is 0 Å². The fourth-order valence-corrected chi connectivity index (χ4v) is 1.41. The van der Waals surface area contributed by atoms with Crippen molar-refractivity contribution < 1.29 is 9.53 Å². The first-order valence-corrected chi connectivity index (χ1v) is 5.77. The fourth-order valence-electron chi connectivity index (χ4n) is 1.41. The molecule has 1 unspecified atom stereocenters. The fraction of sp³-hybridized carbons (Fsp3) is 0.917. The molecular formula is C12H25NO2. The van der Waals surface area contributed by atoms with Gasteiger partial charge < -0.3 is 10.5 Å². The molecule has 3 heteroatoms. The Bertz CT molecular complexity index is 185. The molecule has 0 bridgehead atoms. The molecule has 90 valence electrons. The smallest absolute Gasteiger partial charge is 0.306 e. The number of nitrogens with two attached hydrogens (primary N) is 1. The second-order valence-corrected chi connectivity index (χ2v) is 5.18. The zero-order chi connectivity index (χ0) is 11.9. The molecule has 0 aliphatic heterocycles. The molecule has 0 saturated carbocycles. The van der Waals surface area contributed by atoms with E-state index in [-0.39, 0.29) is 11.6 Å². The number of esters is 1. The van der Waals surface area contributed by atoms with Crippen molar-refractivity contribution in [2.45, 2.75) is 59.0 Å². The molecule has 0 saturated heterocycles. The van der Waals surface area contributed by atoms with E-state index in [1.807, 2.05) is 20.8 Å². The van der Waals surface area contributed by atoms with Gasteiger partial charge in [0.15, 0.2) is 0 Å². The zero-order valence-corrected chi connectivity index (χ0v) is 10.5. The van der Waals surface area contributed by atoms with Crippen LogP contribution in [0.3, 0.4) is 0 Å². The van der Waals surface area contributed by atoms with Gasteiger partial charge in [0.1, 0.15) is 5.60 Å². The number of hydrogen-bond acceptors (Lipinski definition) is 3. The molecule has 0 aromatic carbocycles. The van der Waals surface area contributed by atoms with Gasteiger partial charge in [0.2, 0.25) is 0 Å². The third-order valence-electron chi connectivity index (χ3n) is 2.09. The van der Waals surface area contributed by atoms with Gasteiger partial charge in [-0.1, -0.05) is 19.8 Å². The number of carbonyl (C=O) groups excluding carboxylic acids is 1. The second-order valence-electron chi connectivity index (χ2n) is 5.18. The molecule has 0 fully saturated rings. The molecule has 0 heterocycles. The predicted molar refractivity (Wildman–Crippen MR) is 62.5 cm³/mol. The normalized spacial score (nSPS) is 13.7. The van der Waals surface area contributed by atoms with Crippen LogP contribution in [0.4, 0.5) is 0 Å². The van der Waals surface area contributed by atoms with Crippen LogP contribution in [0.15, 0.2) is 0 Å². The molecule has 0 aromatic rings. The highest BCUT2D eigenvalue weighted by molar-refractivity contribution is 5.70. The van der Waals surface area contributed by atoms with Crippen molar-refractivity contribution >= 4 is 5.97 Å². The number of hydrogen-bond donors (Lipinski definition) is 1. The Labute approximate surface area is 93.4 Å². The van der Waals surface area contributed by atoms with Gasteiger partial charge in [0.25, 0.3) is 0 Å². The molecule has 0 spiro atoms. The summed E-state index contributed by atoms with van der Waals surface area (Å²) in [5, 5.41) is 0. The Balaban J connectivity index is 3.67. The number of unbranched alkanes of at least 4 members (excludes halogenated alkanes) is 1. The maximum atomic E-state index is 11.5. The lowest BCUT2D eigenvalue weighted by atomic mass is 10.0.